The van der Waals surface area contributed by atoms with Crippen LogP contribution in [0.3, 0.4) is 0 Å². The lowest BCUT2D eigenvalue weighted by Gasteiger charge is -2.26. The van der Waals surface area contributed by atoms with Crippen molar-refractivity contribution in [3.63, 3.8) is 0 Å². The number of fused-ring (bicyclic) bond motifs is 1. The summed E-state index contributed by atoms with van der Waals surface area (Å²) in [5, 5.41) is 6.59. The van der Waals surface area contributed by atoms with Crippen molar-refractivity contribution in [3.05, 3.63) is 65.6 Å². The van der Waals surface area contributed by atoms with E-state index in [9.17, 15) is 22.8 Å². The molecule has 0 saturated carbocycles. The number of nitrogens with zero attached hydrogens (tertiary/aromatic N) is 3. The van der Waals surface area contributed by atoms with Gasteiger partial charge in [-0.15, -0.1) is 0 Å². The lowest BCUT2D eigenvalue weighted by Crippen LogP contribution is -2.42. The molecular weight excluding hydrogens is 457 g/mol. The summed E-state index contributed by atoms with van der Waals surface area (Å²) < 4.78 is 55.7. The van der Waals surface area contributed by atoms with Gasteiger partial charge in [-0.3, -0.25) is 4.79 Å². The van der Waals surface area contributed by atoms with E-state index in [4.69, 9.17) is 14.2 Å². The minimum atomic E-state index is -4.51. The van der Waals surface area contributed by atoms with Crippen LogP contribution in [0.25, 0.3) is 5.82 Å². The maximum absolute atomic E-state index is 12.7. The Hall–Kier alpha value is -4.09. The summed E-state index contributed by atoms with van der Waals surface area (Å²) in [4.78, 5) is 28.2. The van der Waals surface area contributed by atoms with E-state index in [2.05, 4.69) is 15.4 Å². The Morgan fingerprint density at radius 1 is 1.18 bits per heavy atom. The highest BCUT2D eigenvalue weighted by atomic mass is 19.4. The van der Waals surface area contributed by atoms with E-state index in [0.717, 1.165) is 12.1 Å². The zero-order chi connectivity index (χ0) is 24.3. The van der Waals surface area contributed by atoms with Gasteiger partial charge >= 0.3 is 12.1 Å². The Labute approximate surface area is 191 Å². The van der Waals surface area contributed by atoms with E-state index in [1.165, 1.54) is 17.8 Å². The standard InChI is InChI=1S/C22H19F3N4O5/c1-13-16(10-28-29(13)19-7-6-14(8-26-19)22(23,24)25)21(31)33-12-20(30)27-9-15-11-32-17-4-2-3-5-18(17)34-15/h2-8,10,15H,9,11-12H2,1H3,(H,27,30). The van der Waals surface area contributed by atoms with Gasteiger partial charge in [0.15, 0.2) is 23.9 Å². The van der Waals surface area contributed by atoms with Crippen molar-refractivity contribution in [2.75, 3.05) is 19.8 Å². The molecule has 3 aromatic rings. The molecule has 1 aliphatic heterocycles. The van der Waals surface area contributed by atoms with E-state index in [-0.39, 0.29) is 24.5 Å². The van der Waals surface area contributed by atoms with Gasteiger partial charge in [0, 0.05) is 6.20 Å². The number of hydrogen-bond acceptors (Lipinski definition) is 7. The highest BCUT2D eigenvalue weighted by Gasteiger charge is 2.31. The van der Waals surface area contributed by atoms with Gasteiger partial charge in [0.2, 0.25) is 0 Å². The van der Waals surface area contributed by atoms with Crippen molar-refractivity contribution in [1.82, 2.24) is 20.1 Å². The molecule has 1 amide bonds. The average Bonchev–Trinajstić information content (AvgIpc) is 3.22. The van der Waals surface area contributed by atoms with Gasteiger partial charge in [-0.25, -0.2) is 14.5 Å². The van der Waals surface area contributed by atoms with Crippen molar-refractivity contribution in [2.24, 2.45) is 0 Å². The number of hydrogen-bond donors (Lipinski definition) is 1. The molecule has 0 radical (unpaired) electrons. The van der Waals surface area contributed by atoms with Crippen LogP contribution >= 0.6 is 0 Å². The molecule has 1 aliphatic rings. The van der Waals surface area contributed by atoms with Crippen LogP contribution in [0.15, 0.2) is 48.8 Å². The first-order valence-corrected chi connectivity index (χ1v) is 10.1. The zero-order valence-corrected chi connectivity index (χ0v) is 17.8. The summed E-state index contributed by atoms with van der Waals surface area (Å²) in [5.41, 5.74) is -0.555. The van der Waals surface area contributed by atoms with Gasteiger partial charge in [-0.05, 0) is 31.2 Å². The summed E-state index contributed by atoms with van der Waals surface area (Å²) in [6.07, 6.45) is -3.04. The minimum absolute atomic E-state index is 0.0510. The molecule has 178 valence electrons. The first-order chi connectivity index (χ1) is 16.2. The molecule has 1 aromatic carbocycles. The number of pyridine rings is 1. The minimum Gasteiger partial charge on any atom is -0.486 e. The number of esters is 1. The number of carbonyl (C=O) groups is 2. The Balaban J connectivity index is 1.29. The molecule has 0 fully saturated rings. The second-order valence-corrected chi connectivity index (χ2v) is 7.34. The van der Waals surface area contributed by atoms with Crippen LogP contribution in [0.5, 0.6) is 11.5 Å². The number of aromatic nitrogens is 3. The Bertz CT molecular complexity index is 1190. The van der Waals surface area contributed by atoms with Crippen LogP contribution in [0.2, 0.25) is 0 Å². The van der Waals surface area contributed by atoms with Crippen LogP contribution in [0, 0.1) is 6.92 Å². The number of benzene rings is 1. The number of ether oxygens (including phenoxy) is 3. The first kappa shape index (κ1) is 23.1. The number of nitrogens with one attached hydrogen (secondary N) is 1. The monoisotopic (exact) mass is 476 g/mol. The molecule has 1 N–H and O–H groups in total. The molecule has 12 heteroatoms. The molecule has 0 spiro atoms. The average molecular weight is 476 g/mol. The maximum atomic E-state index is 12.7. The van der Waals surface area contributed by atoms with Crippen molar-refractivity contribution >= 4 is 11.9 Å². The molecular formula is C22H19F3N4O5. The molecule has 1 unspecified atom stereocenters. The lowest BCUT2D eigenvalue weighted by atomic mass is 10.2. The summed E-state index contributed by atoms with van der Waals surface area (Å²) in [5.74, 6) is -0.0447. The third kappa shape index (κ3) is 5.11. The third-order valence-corrected chi connectivity index (χ3v) is 4.95. The molecule has 4 rings (SSSR count). The van der Waals surface area contributed by atoms with Gasteiger partial charge < -0.3 is 19.5 Å². The largest absolute Gasteiger partial charge is 0.486 e. The van der Waals surface area contributed by atoms with Gasteiger partial charge in [0.25, 0.3) is 5.91 Å². The normalized spacial score (nSPS) is 15.0. The summed E-state index contributed by atoms with van der Waals surface area (Å²) in [6.45, 7) is 1.40. The van der Waals surface area contributed by atoms with Crippen molar-refractivity contribution in [3.8, 4) is 17.3 Å². The quantitative estimate of drug-likeness (QED) is 0.546. The molecule has 0 aliphatic carbocycles. The van der Waals surface area contributed by atoms with E-state index >= 15 is 0 Å². The fourth-order valence-electron chi connectivity index (χ4n) is 3.17. The van der Waals surface area contributed by atoms with Gasteiger partial charge in [-0.1, -0.05) is 12.1 Å². The highest BCUT2D eigenvalue weighted by Crippen LogP contribution is 2.31. The molecule has 9 nitrogen and oxygen atoms in total. The van der Waals surface area contributed by atoms with Crippen LogP contribution in [-0.4, -0.2) is 52.5 Å². The molecule has 0 saturated heterocycles. The van der Waals surface area contributed by atoms with Crippen LogP contribution in [0.4, 0.5) is 13.2 Å². The number of alkyl halides is 3. The van der Waals surface area contributed by atoms with E-state index in [1.807, 2.05) is 6.07 Å². The predicted octanol–water partition coefficient (Wildman–Crippen LogP) is 2.71. The first-order valence-electron chi connectivity index (χ1n) is 10.1. The second-order valence-electron chi connectivity index (χ2n) is 7.34. The van der Waals surface area contributed by atoms with E-state index in [1.54, 1.807) is 18.2 Å². The van der Waals surface area contributed by atoms with Crippen molar-refractivity contribution in [1.29, 1.82) is 0 Å². The fourth-order valence-corrected chi connectivity index (χ4v) is 3.17. The van der Waals surface area contributed by atoms with E-state index in [0.29, 0.717) is 23.4 Å². The molecule has 0 bridgehead atoms. The Morgan fingerprint density at radius 2 is 1.94 bits per heavy atom. The topological polar surface area (TPSA) is 105 Å². The van der Waals surface area contributed by atoms with Gasteiger partial charge in [-0.2, -0.15) is 18.3 Å². The summed E-state index contributed by atoms with van der Waals surface area (Å²) >= 11 is 0. The van der Waals surface area contributed by atoms with Crippen LogP contribution in [-0.2, 0) is 15.7 Å². The molecule has 1 atom stereocenters. The van der Waals surface area contributed by atoms with E-state index < -0.39 is 36.3 Å². The zero-order valence-electron chi connectivity index (χ0n) is 17.8. The fraction of sp³-hybridized carbons (Fsp3) is 0.273. The Morgan fingerprint density at radius 3 is 2.65 bits per heavy atom. The third-order valence-electron chi connectivity index (χ3n) is 4.95. The van der Waals surface area contributed by atoms with Crippen molar-refractivity contribution < 1.29 is 37.0 Å². The SMILES string of the molecule is Cc1c(C(=O)OCC(=O)NCC2COc3ccccc3O2)cnn1-c1ccc(C(F)(F)F)cn1. The lowest BCUT2D eigenvalue weighted by molar-refractivity contribution is -0.137. The van der Waals surface area contributed by atoms with Gasteiger partial charge in [0.05, 0.1) is 24.0 Å². The molecule has 2 aromatic heterocycles. The van der Waals surface area contributed by atoms with Crippen LogP contribution < -0.4 is 14.8 Å². The van der Waals surface area contributed by atoms with Gasteiger partial charge in [0.1, 0.15) is 18.3 Å². The molecule has 3 heterocycles. The van der Waals surface area contributed by atoms with Crippen molar-refractivity contribution in [2.45, 2.75) is 19.2 Å². The number of rotatable bonds is 6. The highest BCUT2D eigenvalue weighted by molar-refractivity contribution is 5.92. The second kappa shape index (κ2) is 9.41. The number of amides is 1. The predicted molar refractivity (Wildman–Crippen MR) is 111 cm³/mol. The summed E-state index contributed by atoms with van der Waals surface area (Å²) in [7, 11) is 0. The molecule has 34 heavy (non-hydrogen) atoms. The maximum Gasteiger partial charge on any atom is 0.417 e. The number of halogens is 3. The number of carbonyl (C=O) groups excluding carboxylic acids is 2. The summed E-state index contributed by atoms with van der Waals surface area (Å²) in [6, 6.07) is 9.17. The Kier molecular flexibility index (Phi) is 6.39. The van der Waals surface area contributed by atoms with Crippen LogP contribution in [0.1, 0.15) is 21.6 Å². The number of para-hydroxylation sites is 2. The smallest absolute Gasteiger partial charge is 0.417 e.